The molecule has 0 fully saturated rings. The van der Waals surface area contributed by atoms with Gasteiger partial charge < -0.3 is 14.3 Å². The Morgan fingerprint density at radius 2 is 1.91 bits per heavy atom. The second-order valence-corrected chi connectivity index (χ2v) is 4.92. The van der Waals surface area contributed by atoms with Crippen molar-refractivity contribution in [2.45, 2.75) is 6.92 Å². The van der Waals surface area contributed by atoms with E-state index >= 15 is 0 Å². The molecule has 1 aromatic heterocycles. The van der Waals surface area contributed by atoms with E-state index < -0.39 is 5.97 Å². The number of aromatic carboxylic acids is 1. The molecule has 1 heterocycles. The minimum Gasteiger partial charge on any atom is -0.494 e. The molecule has 5 heteroatoms. The Bertz CT molecular complexity index is 922. The molecule has 0 spiro atoms. The molecule has 0 amide bonds. The van der Waals surface area contributed by atoms with Crippen molar-refractivity contribution in [3.05, 3.63) is 64.3 Å². The van der Waals surface area contributed by atoms with Crippen LogP contribution in [0.1, 0.15) is 17.3 Å². The van der Waals surface area contributed by atoms with Gasteiger partial charge >= 0.3 is 5.97 Å². The minimum atomic E-state index is -1.14. The summed E-state index contributed by atoms with van der Waals surface area (Å²) in [5.41, 5.74) is 0.439. The standard InChI is InChI=1S/C18H14O5/c1-2-22-12-8-6-11(7-9-12)16-10-15(19)13-4-3-5-14(18(20)21)17(13)23-16/h3-10H,2H2,1H3,(H,20,21). The molecule has 0 aliphatic rings. The Hall–Kier alpha value is -3.08. The van der Waals surface area contributed by atoms with Crippen LogP contribution in [0.5, 0.6) is 5.75 Å². The van der Waals surface area contributed by atoms with E-state index in [1.165, 1.54) is 18.2 Å². The first-order valence-electron chi connectivity index (χ1n) is 7.13. The molecule has 1 N–H and O–H groups in total. The summed E-state index contributed by atoms with van der Waals surface area (Å²) in [5, 5.41) is 9.50. The normalized spacial score (nSPS) is 10.7. The fourth-order valence-electron chi connectivity index (χ4n) is 2.37. The van der Waals surface area contributed by atoms with Crippen LogP contribution < -0.4 is 10.2 Å². The molecule has 3 aromatic rings. The molecule has 0 radical (unpaired) electrons. The van der Waals surface area contributed by atoms with Gasteiger partial charge in [0.05, 0.1) is 12.0 Å². The van der Waals surface area contributed by atoms with Gasteiger partial charge in [0, 0.05) is 11.6 Å². The van der Waals surface area contributed by atoms with Crippen molar-refractivity contribution in [3.63, 3.8) is 0 Å². The molecular weight excluding hydrogens is 296 g/mol. The first-order chi connectivity index (χ1) is 11.1. The number of fused-ring (bicyclic) bond motifs is 1. The van der Waals surface area contributed by atoms with E-state index in [4.69, 9.17) is 9.15 Å². The Morgan fingerprint density at radius 3 is 2.57 bits per heavy atom. The molecule has 0 unspecified atom stereocenters. The van der Waals surface area contributed by atoms with Gasteiger partial charge in [0.1, 0.15) is 17.1 Å². The molecule has 0 bridgehead atoms. The summed E-state index contributed by atoms with van der Waals surface area (Å²) in [7, 11) is 0. The lowest BCUT2D eigenvalue weighted by molar-refractivity contribution is 0.0698. The number of ether oxygens (including phenoxy) is 1. The highest BCUT2D eigenvalue weighted by atomic mass is 16.5. The van der Waals surface area contributed by atoms with Gasteiger partial charge in [-0.1, -0.05) is 6.07 Å². The number of hydrogen-bond donors (Lipinski definition) is 1. The fraction of sp³-hybridized carbons (Fsp3) is 0.111. The number of rotatable bonds is 4. The first kappa shape index (κ1) is 14.8. The molecule has 5 nitrogen and oxygen atoms in total. The highest BCUT2D eigenvalue weighted by Gasteiger charge is 2.14. The van der Waals surface area contributed by atoms with Gasteiger partial charge in [-0.05, 0) is 43.3 Å². The van der Waals surface area contributed by atoms with Crippen LogP contribution in [0.15, 0.2) is 57.7 Å². The lowest BCUT2D eigenvalue weighted by Gasteiger charge is -2.07. The minimum absolute atomic E-state index is 0.0348. The lowest BCUT2D eigenvalue weighted by Crippen LogP contribution is -2.05. The maximum Gasteiger partial charge on any atom is 0.339 e. The molecule has 0 aliphatic heterocycles. The Labute approximate surface area is 131 Å². The third-order valence-corrected chi connectivity index (χ3v) is 3.43. The van der Waals surface area contributed by atoms with Crippen LogP contribution in [0.25, 0.3) is 22.3 Å². The van der Waals surface area contributed by atoms with E-state index in [0.717, 1.165) is 0 Å². The fourth-order valence-corrected chi connectivity index (χ4v) is 2.37. The van der Waals surface area contributed by atoms with Crippen molar-refractivity contribution in [3.8, 4) is 17.1 Å². The zero-order valence-corrected chi connectivity index (χ0v) is 12.4. The van der Waals surface area contributed by atoms with Crippen molar-refractivity contribution >= 4 is 16.9 Å². The zero-order chi connectivity index (χ0) is 16.4. The molecule has 116 valence electrons. The second-order valence-electron chi connectivity index (χ2n) is 4.92. The molecule has 0 aliphatic carbocycles. The molecule has 3 rings (SSSR count). The van der Waals surface area contributed by atoms with Crippen molar-refractivity contribution in [2.75, 3.05) is 6.61 Å². The summed E-state index contributed by atoms with van der Waals surface area (Å²) in [6.07, 6.45) is 0. The number of hydrogen-bond acceptors (Lipinski definition) is 4. The number of para-hydroxylation sites is 1. The third kappa shape index (κ3) is 2.81. The third-order valence-electron chi connectivity index (χ3n) is 3.43. The van der Waals surface area contributed by atoms with Gasteiger partial charge in [0.2, 0.25) is 0 Å². The molecule has 2 aromatic carbocycles. The Morgan fingerprint density at radius 1 is 1.17 bits per heavy atom. The van der Waals surface area contributed by atoms with E-state index in [0.29, 0.717) is 23.7 Å². The molecule has 0 saturated carbocycles. The van der Waals surface area contributed by atoms with E-state index in [1.54, 1.807) is 30.3 Å². The number of carboxylic acid groups (broad SMARTS) is 1. The summed E-state index contributed by atoms with van der Waals surface area (Å²) in [6.45, 7) is 2.45. The van der Waals surface area contributed by atoms with E-state index in [9.17, 15) is 14.7 Å². The van der Waals surface area contributed by atoms with Crippen molar-refractivity contribution in [1.29, 1.82) is 0 Å². The largest absolute Gasteiger partial charge is 0.494 e. The molecule has 23 heavy (non-hydrogen) atoms. The van der Waals surface area contributed by atoms with Gasteiger partial charge in [-0.3, -0.25) is 4.79 Å². The van der Waals surface area contributed by atoms with E-state index in [2.05, 4.69) is 0 Å². The van der Waals surface area contributed by atoms with Gasteiger partial charge in [-0.2, -0.15) is 0 Å². The maximum absolute atomic E-state index is 12.2. The summed E-state index contributed by atoms with van der Waals surface area (Å²) >= 11 is 0. The van der Waals surface area contributed by atoms with Crippen LogP contribution in [0, 0.1) is 0 Å². The molecular formula is C18H14O5. The first-order valence-corrected chi connectivity index (χ1v) is 7.13. The van der Waals surface area contributed by atoms with Crippen LogP contribution in [-0.2, 0) is 0 Å². The summed E-state index contributed by atoms with van der Waals surface area (Å²) in [4.78, 5) is 23.6. The second kappa shape index (κ2) is 5.96. The van der Waals surface area contributed by atoms with Crippen molar-refractivity contribution in [2.24, 2.45) is 0 Å². The highest BCUT2D eigenvalue weighted by Crippen LogP contribution is 2.26. The number of carboxylic acids is 1. The van der Waals surface area contributed by atoms with Crippen LogP contribution in [0.3, 0.4) is 0 Å². The predicted octanol–water partition coefficient (Wildman–Crippen LogP) is 3.56. The van der Waals surface area contributed by atoms with E-state index in [1.807, 2.05) is 6.92 Å². The SMILES string of the molecule is CCOc1ccc(-c2cc(=O)c3cccc(C(=O)O)c3o2)cc1. The quantitative estimate of drug-likeness (QED) is 0.797. The van der Waals surface area contributed by atoms with Gasteiger partial charge in [-0.15, -0.1) is 0 Å². The molecule has 0 atom stereocenters. The number of carbonyl (C=O) groups is 1. The average molecular weight is 310 g/mol. The lowest BCUT2D eigenvalue weighted by atomic mass is 10.1. The Kier molecular flexibility index (Phi) is 3.85. The smallest absolute Gasteiger partial charge is 0.339 e. The zero-order valence-electron chi connectivity index (χ0n) is 12.4. The predicted molar refractivity (Wildman–Crippen MR) is 86.0 cm³/mol. The van der Waals surface area contributed by atoms with Crippen molar-refractivity contribution < 1.29 is 19.1 Å². The maximum atomic E-state index is 12.2. The summed E-state index contributed by atoms with van der Waals surface area (Å²) in [6, 6.07) is 12.9. The van der Waals surface area contributed by atoms with Gasteiger partial charge in [-0.25, -0.2) is 4.79 Å². The summed E-state index contributed by atoms with van der Waals surface area (Å²) < 4.78 is 11.1. The summed E-state index contributed by atoms with van der Waals surface area (Å²) in [5.74, 6) is -0.104. The monoisotopic (exact) mass is 310 g/mol. The van der Waals surface area contributed by atoms with Crippen molar-refractivity contribution in [1.82, 2.24) is 0 Å². The highest BCUT2D eigenvalue weighted by molar-refractivity contribution is 6.01. The van der Waals surface area contributed by atoms with Gasteiger partial charge in [0.25, 0.3) is 0 Å². The van der Waals surface area contributed by atoms with E-state index in [-0.39, 0.29) is 22.0 Å². The molecule has 0 saturated heterocycles. The topological polar surface area (TPSA) is 76.7 Å². The Balaban J connectivity index is 2.17. The average Bonchev–Trinajstić information content (AvgIpc) is 2.55. The van der Waals surface area contributed by atoms with Crippen LogP contribution in [0.4, 0.5) is 0 Å². The van der Waals surface area contributed by atoms with Crippen LogP contribution in [-0.4, -0.2) is 17.7 Å². The number of benzene rings is 2. The van der Waals surface area contributed by atoms with Gasteiger partial charge in [0.15, 0.2) is 11.0 Å². The van der Waals surface area contributed by atoms with Crippen LogP contribution in [0.2, 0.25) is 0 Å². The van der Waals surface area contributed by atoms with Crippen LogP contribution >= 0.6 is 0 Å².